The Morgan fingerprint density at radius 2 is 2.31 bits per heavy atom. The number of nitrogens with zero attached hydrogens (tertiary/aromatic N) is 1. The predicted octanol–water partition coefficient (Wildman–Crippen LogP) is 1.88. The molecule has 13 heavy (non-hydrogen) atoms. The maximum Gasteiger partial charge on any atom is 0.308 e. The first-order chi connectivity index (χ1) is 6.18. The number of carbonyl (C=O) groups excluding carboxylic acids is 1. The molecule has 1 aromatic rings. The van der Waals surface area contributed by atoms with Crippen LogP contribution in [0.15, 0.2) is 23.0 Å². The van der Waals surface area contributed by atoms with Gasteiger partial charge in [-0.1, -0.05) is 19.0 Å². The minimum atomic E-state index is -0.118. The molecule has 0 amide bonds. The third-order valence-corrected chi connectivity index (χ3v) is 1.11. The molecule has 0 aliphatic carbocycles. The van der Waals surface area contributed by atoms with Gasteiger partial charge in [0.25, 0.3) is 0 Å². The Balaban J connectivity index is 0.000000243. The van der Waals surface area contributed by atoms with E-state index in [1.165, 1.54) is 6.26 Å². The zero-order valence-corrected chi connectivity index (χ0v) is 8.19. The zero-order valence-electron chi connectivity index (χ0n) is 8.19. The number of hydrogen-bond acceptors (Lipinski definition) is 4. The lowest BCUT2D eigenvalue weighted by molar-refractivity contribution is -0.146. The van der Waals surface area contributed by atoms with E-state index in [2.05, 4.69) is 14.4 Å². The fraction of sp³-hybridized carbons (Fsp3) is 0.556. The molecule has 0 N–H and O–H groups in total. The molecule has 4 heteroatoms. The van der Waals surface area contributed by atoms with Gasteiger partial charge in [-0.05, 0) is 13.0 Å². The minimum Gasteiger partial charge on any atom is -0.466 e. The van der Waals surface area contributed by atoms with Crippen molar-refractivity contribution in [1.82, 2.24) is 5.16 Å². The van der Waals surface area contributed by atoms with E-state index < -0.39 is 0 Å². The molecule has 0 aromatic carbocycles. The van der Waals surface area contributed by atoms with E-state index in [4.69, 9.17) is 0 Å². The van der Waals surface area contributed by atoms with Crippen LogP contribution in [0.1, 0.15) is 20.8 Å². The number of rotatable bonds is 2. The largest absolute Gasteiger partial charge is 0.466 e. The van der Waals surface area contributed by atoms with Crippen LogP contribution in [0.2, 0.25) is 0 Å². The summed E-state index contributed by atoms with van der Waals surface area (Å²) in [5.41, 5.74) is 0. The monoisotopic (exact) mass is 185 g/mol. The summed E-state index contributed by atoms with van der Waals surface area (Å²) in [5.74, 6) is -0.109. The van der Waals surface area contributed by atoms with Crippen molar-refractivity contribution in [3.05, 3.63) is 18.5 Å². The lowest BCUT2D eigenvalue weighted by Crippen LogP contribution is -2.10. The average Bonchev–Trinajstić information content (AvgIpc) is 2.61. The predicted molar refractivity (Wildman–Crippen MR) is 48.0 cm³/mol. The van der Waals surface area contributed by atoms with Crippen molar-refractivity contribution in [2.24, 2.45) is 5.92 Å². The van der Waals surface area contributed by atoms with Gasteiger partial charge in [-0.3, -0.25) is 4.79 Å². The van der Waals surface area contributed by atoms with Crippen LogP contribution in [0, 0.1) is 5.92 Å². The van der Waals surface area contributed by atoms with Gasteiger partial charge in [0.05, 0.1) is 18.7 Å². The lowest BCUT2D eigenvalue weighted by atomic mass is 10.2. The quantitative estimate of drug-likeness (QED) is 0.660. The third kappa shape index (κ3) is 7.05. The van der Waals surface area contributed by atoms with Crippen LogP contribution in [0.3, 0.4) is 0 Å². The van der Waals surface area contributed by atoms with Gasteiger partial charge in [0.1, 0.15) is 6.26 Å². The number of ether oxygens (including phenoxy) is 1. The molecule has 0 saturated heterocycles. The van der Waals surface area contributed by atoms with Gasteiger partial charge in [0, 0.05) is 0 Å². The lowest BCUT2D eigenvalue weighted by Gasteiger charge is -2.01. The molecule has 1 aromatic heterocycles. The van der Waals surface area contributed by atoms with Crippen molar-refractivity contribution in [3.63, 3.8) is 0 Å². The summed E-state index contributed by atoms with van der Waals surface area (Å²) in [5, 5.41) is 3.35. The van der Waals surface area contributed by atoms with E-state index in [1.54, 1.807) is 19.2 Å². The number of carbonyl (C=O) groups is 1. The van der Waals surface area contributed by atoms with Crippen LogP contribution >= 0.6 is 0 Å². The second-order valence-electron chi connectivity index (χ2n) is 2.60. The average molecular weight is 185 g/mol. The van der Waals surface area contributed by atoms with Gasteiger partial charge in [-0.25, -0.2) is 0 Å². The van der Waals surface area contributed by atoms with Crippen LogP contribution in [-0.4, -0.2) is 17.7 Å². The Morgan fingerprint density at radius 1 is 1.62 bits per heavy atom. The molecular weight excluding hydrogens is 170 g/mol. The molecule has 0 aliphatic rings. The first kappa shape index (κ1) is 11.7. The fourth-order valence-corrected chi connectivity index (χ4v) is 0.485. The Labute approximate surface area is 77.9 Å². The molecule has 0 bridgehead atoms. The van der Waals surface area contributed by atoms with Gasteiger partial charge in [-0.15, -0.1) is 0 Å². The summed E-state index contributed by atoms with van der Waals surface area (Å²) in [7, 11) is 0. The van der Waals surface area contributed by atoms with Crippen LogP contribution in [0.25, 0.3) is 0 Å². The fourth-order valence-electron chi connectivity index (χ4n) is 0.485. The van der Waals surface area contributed by atoms with Crippen molar-refractivity contribution in [1.29, 1.82) is 0 Å². The van der Waals surface area contributed by atoms with Crippen molar-refractivity contribution in [2.75, 3.05) is 6.61 Å². The molecule has 74 valence electrons. The molecular formula is C9H15NO3. The SMILES string of the molecule is CCOC(=O)C(C)C.c1cnoc1. The highest BCUT2D eigenvalue weighted by Crippen LogP contribution is 1.93. The summed E-state index contributed by atoms with van der Waals surface area (Å²) in [6.45, 7) is 5.92. The van der Waals surface area contributed by atoms with E-state index in [0.29, 0.717) is 6.61 Å². The van der Waals surface area contributed by atoms with Gasteiger partial charge >= 0.3 is 5.97 Å². The topological polar surface area (TPSA) is 52.3 Å². The van der Waals surface area contributed by atoms with Crippen LogP contribution in [-0.2, 0) is 9.53 Å². The van der Waals surface area contributed by atoms with Gasteiger partial charge in [0.2, 0.25) is 0 Å². The summed E-state index contributed by atoms with van der Waals surface area (Å²) in [4.78, 5) is 10.5. The van der Waals surface area contributed by atoms with Crippen molar-refractivity contribution in [3.8, 4) is 0 Å². The molecule has 0 atom stereocenters. The van der Waals surface area contributed by atoms with Crippen molar-refractivity contribution in [2.45, 2.75) is 20.8 Å². The molecule has 0 fully saturated rings. The molecule has 0 saturated carbocycles. The summed E-state index contributed by atoms with van der Waals surface area (Å²) < 4.78 is 9.00. The first-order valence-corrected chi connectivity index (χ1v) is 4.19. The maximum absolute atomic E-state index is 10.5. The molecule has 1 heterocycles. The highest BCUT2D eigenvalue weighted by molar-refractivity contribution is 5.71. The normalized spacial score (nSPS) is 8.92. The maximum atomic E-state index is 10.5. The van der Waals surface area contributed by atoms with E-state index in [1.807, 2.05) is 13.8 Å². The molecule has 4 nitrogen and oxygen atoms in total. The Morgan fingerprint density at radius 3 is 2.46 bits per heavy atom. The summed E-state index contributed by atoms with van der Waals surface area (Å²) >= 11 is 0. The van der Waals surface area contributed by atoms with Gasteiger partial charge < -0.3 is 9.26 Å². The van der Waals surface area contributed by atoms with Gasteiger partial charge in [-0.2, -0.15) is 0 Å². The third-order valence-electron chi connectivity index (χ3n) is 1.11. The minimum absolute atomic E-state index is 0.00921. The van der Waals surface area contributed by atoms with E-state index in [9.17, 15) is 4.79 Å². The Bertz CT molecular complexity index is 189. The smallest absolute Gasteiger partial charge is 0.308 e. The second-order valence-corrected chi connectivity index (χ2v) is 2.60. The Kier molecular flexibility index (Phi) is 6.59. The zero-order chi connectivity index (χ0) is 10.1. The van der Waals surface area contributed by atoms with E-state index in [0.717, 1.165) is 0 Å². The van der Waals surface area contributed by atoms with Crippen molar-refractivity contribution >= 4 is 5.97 Å². The van der Waals surface area contributed by atoms with Crippen LogP contribution in [0.5, 0.6) is 0 Å². The molecule has 0 radical (unpaired) electrons. The highest BCUT2D eigenvalue weighted by Gasteiger charge is 2.04. The molecule has 0 unspecified atom stereocenters. The summed E-state index contributed by atoms with van der Waals surface area (Å²) in [6.07, 6.45) is 3.10. The van der Waals surface area contributed by atoms with Crippen LogP contribution in [0.4, 0.5) is 0 Å². The number of aromatic nitrogens is 1. The first-order valence-electron chi connectivity index (χ1n) is 4.19. The van der Waals surface area contributed by atoms with Gasteiger partial charge in [0.15, 0.2) is 0 Å². The highest BCUT2D eigenvalue weighted by atomic mass is 16.5. The van der Waals surface area contributed by atoms with Crippen LogP contribution < -0.4 is 0 Å². The Hall–Kier alpha value is -1.32. The second kappa shape index (κ2) is 7.34. The molecule has 0 aliphatic heterocycles. The molecule has 1 rings (SSSR count). The van der Waals surface area contributed by atoms with E-state index in [-0.39, 0.29) is 11.9 Å². The standard InChI is InChI=1S/C6H12O2.C3H3NO/c1-4-8-6(7)5(2)3;1-2-4-5-3-1/h5H,4H2,1-3H3;1-3H. The number of esters is 1. The summed E-state index contributed by atoms with van der Waals surface area (Å²) in [6, 6.07) is 1.72. The van der Waals surface area contributed by atoms with E-state index >= 15 is 0 Å². The molecule has 0 spiro atoms. The number of hydrogen-bond donors (Lipinski definition) is 0. The van der Waals surface area contributed by atoms with Crippen molar-refractivity contribution < 1.29 is 14.1 Å².